The maximum atomic E-state index is 11.7. The maximum Gasteiger partial charge on any atom is 0.341 e. The van der Waals surface area contributed by atoms with E-state index < -0.39 is 0 Å². The van der Waals surface area contributed by atoms with Gasteiger partial charge in [-0.05, 0) is 36.7 Å². The number of hydrogen-bond acceptors (Lipinski definition) is 4. The van der Waals surface area contributed by atoms with Crippen LogP contribution >= 0.6 is 15.9 Å². The van der Waals surface area contributed by atoms with E-state index in [0.29, 0.717) is 17.8 Å². The van der Waals surface area contributed by atoms with E-state index in [0.717, 1.165) is 15.9 Å². The van der Waals surface area contributed by atoms with Crippen LogP contribution in [-0.4, -0.2) is 27.2 Å². The molecule has 0 saturated heterocycles. The summed E-state index contributed by atoms with van der Waals surface area (Å²) in [4.78, 5) is 15.9. The third kappa shape index (κ3) is 1.93. The van der Waals surface area contributed by atoms with Gasteiger partial charge in [-0.3, -0.25) is 0 Å². The summed E-state index contributed by atoms with van der Waals surface area (Å²) in [5, 5.41) is 4.31. The zero-order valence-corrected chi connectivity index (χ0v) is 11.4. The average Bonchev–Trinajstić information content (AvgIpc) is 2.58. The number of aromatic nitrogens is 3. The van der Waals surface area contributed by atoms with Gasteiger partial charge in [0.15, 0.2) is 5.65 Å². The van der Waals surface area contributed by atoms with Crippen LogP contribution in [0.4, 0.5) is 0 Å². The van der Waals surface area contributed by atoms with Gasteiger partial charge in [-0.25, -0.2) is 14.3 Å². The Labute approximate surface area is 107 Å². The van der Waals surface area contributed by atoms with Crippen LogP contribution in [0.3, 0.4) is 0 Å². The van der Waals surface area contributed by atoms with E-state index in [1.807, 2.05) is 13.8 Å². The predicted molar refractivity (Wildman–Crippen MR) is 66.1 cm³/mol. The Morgan fingerprint density at radius 2 is 2.24 bits per heavy atom. The van der Waals surface area contributed by atoms with Crippen LogP contribution in [0.5, 0.6) is 0 Å². The zero-order chi connectivity index (χ0) is 12.6. The number of esters is 1. The molecule has 0 amide bonds. The minimum atomic E-state index is -0.372. The van der Waals surface area contributed by atoms with E-state index in [2.05, 4.69) is 26.0 Å². The molecule has 0 atom stereocenters. The highest BCUT2D eigenvalue weighted by Gasteiger charge is 2.16. The van der Waals surface area contributed by atoms with E-state index in [4.69, 9.17) is 4.74 Å². The van der Waals surface area contributed by atoms with Crippen LogP contribution in [-0.2, 0) is 4.74 Å². The number of halogens is 1. The van der Waals surface area contributed by atoms with Gasteiger partial charge in [0, 0.05) is 6.20 Å². The molecule has 6 heteroatoms. The minimum absolute atomic E-state index is 0.345. The molecule has 2 rings (SSSR count). The second-order valence-corrected chi connectivity index (χ2v) is 4.41. The lowest BCUT2D eigenvalue weighted by atomic mass is 10.2. The number of carbonyl (C=O) groups excluding carboxylic acids is 1. The lowest BCUT2D eigenvalue weighted by Crippen LogP contribution is -2.11. The van der Waals surface area contributed by atoms with Crippen molar-refractivity contribution in [1.82, 2.24) is 14.6 Å². The number of rotatable bonds is 2. The molecule has 0 spiro atoms. The summed E-state index contributed by atoms with van der Waals surface area (Å²) >= 11 is 3.42. The van der Waals surface area contributed by atoms with Crippen molar-refractivity contribution in [1.29, 1.82) is 0 Å². The van der Waals surface area contributed by atoms with Crippen LogP contribution in [0.15, 0.2) is 10.7 Å². The molecule has 0 radical (unpaired) electrons. The highest BCUT2D eigenvalue weighted by Crippen LogP contribution is 2.22. The molecule has 0 aliphatic rings. The number of fused-ring (bicyclic) bond motifs is 1. The first kappa shape index (κ1) is 12.0. The number of hydrogen-bond donors (Lipinski definition) is 0. The van der Waals surface area contributed by atoms with Crippen molar-refractivity contribution in [2.24, 2.45) is 0 Å². The van der Waals surface area contributed by atoms with E-state index in [1.165, 1.54) is 6.20 Å². The normalized spacial score (nSPS) is 10.8. The third-order valence-corrected chi connectivity index (χ3v) is 3.41. The fourth-order valence-electron chi connectivity index (χ4n) is 1.58. The standard InChI is InChI=1S/C11H12BrN3O2/c1-4-17-11(16)8-5-13-10-9(12)6(2)14-15(10)7(8)3/h5H,4H2,1-3H3. The van der Waals surface area contributed by atoms with E-state index >= 15 is 0 Å². The number of carbonyl (C=O) groups is 1. The molecule has 0 aliphatic heterocycles. The molecule has 0 saturated carbocycles. The summed E-state index contributed by atoms with van der Waals surface area (Å²) in [5.74, 6) is -0.372. The second-order valence-electron chi connectivity index (χ2n) is 3.61. The topological polar surface area (TPSA) is 56.5 Å². The van der Waals surface area contributed by atoms with Crippen molar-refractivity contribution in [3.8, 4) is 0 Å². The highest BCUT2D eigenvalue weighted by molar-refractivity contribution is 9.10. The van der Waals surface area contributed by atoms with Gasteiger partial charge in [0.1, 0.15) is 0 Å². The van der Waals surface area contributed by atoms with Gasteiger partial charge < -0.3 is 4.74 Å². The molecule has 90 valence electrons. The van der Waals surface area contributed by atoms with Gasteiger partial charge >= 0.3 is 5.97 Å². The van der Waals surface area contributed by atoms with E-state index in [1.54, 1.807) is 11.4 Å². The van der Waals surface area contributed by atoms with Gasteiger partial charge in [0.05, 0.1) is 28.0 Å². The van der Waals surface area contributed by atoms with Gasteiger partial charge in [-0.2, -0.15) is 5.10 Å². The fraction of sp³-hybridized carbons (Fsp3) is 0.364. The van der Waals surface area contributed by atoms with Crippen molar-refractivity contribution in [3.63, 3.8) is 0 Å². The molecule has 5 nitrogen and oxygen atoms in total. The number of ether oxygens (including phenoxy) is 1. The molecular weight excluding hydrogens is 286 g/mol. The van der Waals surface area contributed by atoms with Crippen molar-refractivity contribution in [2.45, 2.75) is 20.8 Å². The Morgan fingerprint density at radius 3 is 2.88 bits per heavy atom. The Morgan fingerprint density at radius 1 is 1.53 bits per heavy atom. The summed E-state index contributed by atoms with van der Waals surface area (Å²) in [5.41, 5.74) is 2.70. The van der Waals surface area contributed by atoms with Crippen molar-refractivity contribution in [2.75, 3.05) is 6.61 Å². The second kappa shape index (κ2) is 4.44. The van der Waals surface area contributed by atoms with Crippen molar-refractivity contribution >= 4 is 27.5 Å². The van der Waals surface area contributed by atoms with Crippen LogP contribution in [0, 0.1) is 13.8 Å². The Balaban J connectivity index is 2.62. The SMILES string of the molecule is CCOC(=O)c1cnc2c(Br)c(C)nn2c1C. The highest BCUT2D eigenvalue weighted by atomic mass is 79.9. The molecule has 2 aromatic heterocycles. The number of nitrogens with zero attached hydrogens (tertiary/aromatic N) is 3. The van der Waals surface area contributed by atoms with Crippen LogP contribution in [0.25, 0.3) is 5.65 Å². The maximum absolute atomic E-state index is 11.7. The largest absolute Gasteiger partial charge is 0.462 e. The molecule has 17 heavy (non-hydrogen) atoms. The van der Waals surface area contributed by atoms with Crippen LogP contribution in [0.1, 0.15) is 28.7 Å². The molecule has 2 aromatic rings. The third-order valence-electron chi connectivity index (χ3n) is 2.48. The van der Waals surface area contributed by atoms with Gasteiger partial charge in [0.25, 0.3) is 0 Å². The molecule has 0 bridgehead atoms. The smallest absolute Gasteiger partial charge is 0.341 e. The Kier molecular flexibility index (Phi) is 3.15. The average molecular weight is 298 g/mol. The first-order valence-corrected chi connectivity index (χ1v) is 6.03. The number of aryl methyl sites for hydroxylation is 2. The van der Waals surface area contributed by atoms with Crippen molar-refractivity contribution in [3.05, 3.63) is 27.6 Å². The quantitative estimate of drug-likeness (QED) is 0.798. The molecular formula is C11H12BrN3O2. The van der Waals surface area contributed by atoms with E-state index in [-0.39, 0.29) is 5.97 Å². The van der Waals surface area contributed by atoms with Crippen LogP contribution in [0.2, 0.25) is 0 Å². The molecule has 0 fully saturated rings. The Bertz CT molecular complexity index is 592. The summed E-state index contributed by atoms with van der Waals surface area (Å²) in [7, 11) is 0. The van der Waals surface area contributed by atoms with Gasteiger partial charge in [-0.15, -0.1) is 0 Å². The van der Waals surface area contributed by atoms with E-state index in [9.17, 15) is 4.79 Å². The first-order chi connectivity index (χ1) is 8.06. The van der Waals surface area contributed by atoms with Gasteiger partial charge in [0.2, 0.25) is 0 Å². The van der Waals surface area contributed by atoms with Crippen molar-refractivity contribution < 1.29 is 9.53 Å². The summed E-state index contributed by atoms with van der Waals surface area (Å²) < 4.78 is 7.45. The molecule has 0 unspecified atom stereocenters. The summed E-state index contributed by atoms with van der Waals surface area (Å²) in [6.07, 6.45) is 1.52. The summed E-state index contributed by atoms with van der Waals surface area (Å²) in [6, 6.07) is 0. The molecule has 2 heterocycles. The zero-order valence-electron chi connectivity index (χ0n) is 9.82. The minimum Gasteiger partial charge on any atom is -0.462 e. The van der Waals surface area contributed by atoms with Gasteiger partial charge in [-0.1, -0.05) is 0 Å². The fourth-order valence-corrected chi connectivity index (χ4v) is 1.93. The summed E-state index contributed by atoms with van der Waals surface area (Å²) in [6.45, 7) is 5.81. The molecule has 0 N–H and O–H groups in total. The molecule has 0 aliphatic carbocycles. The first-order valence-electron chi connectivity index (χ1n) is 5.23. The lowest BCUT2D eigenvalue weighted by molar-refractivity contribution is 0.0524. The van der Waals surface area contributed by atoms with Crippen LogP contribution < -0.4 is 0 Å². The molecule has 0 aromatic carbocycles. The Hall–Kier alpha value is -1.43. The predicted octanol–water partition coefficient (Wildman–Crippen LogP) is 2.29. The monoisotopic (exact) mass is 297 g/mol. The lowest BCUT2D eigenvalue weighted by Gasteiger charge is -2.06.